The molecule has 0 spiro atoms. The molecule has 2 aliphatic heterocycles. The van der Waals surface area contributed by atoms with Crippen molar-refractivity contribution in [2.75, 3.05) is 6.61 Å². The van der Waals surface area contributed by atoms with Gasteiger partial charge in [-0.2, -0.15) is 0 Å². The third-order valence-electron chi connectivity index (χ3n) is 3.67. The molecule has 8 N–H and O–H groups in total. The average Bonchev–Trinajstić information content (AvgIpc) is 2.50. The zero-order chi connectivity index (χ0) is 16.6. The van der Waals surface area contributed by atoms with Gasteiger partial charge in [-0.05, 0) is 0 Å². The molecule has 2 fully saturated rings. The van der Waals surface area contributed by atoms with Crippen LogP contribution >= 0.6 is 0 Å². The Balaban J connectivity index is 2.10. The van der Waals surface area contributed by atoms with Crippen molar-refractivity contribution in [3.63, 3.8) is 0 Å². The number of ether oxygens (including phenoxy) is 3. The van der Waals surface area contributed by atoms with Gasteiger partial charge in [0.1, 0.15) is 42.7 Å². The minimum Gasteiger partial charge on any atom is -0.394 e. The first-order valence-corrected chi connectivity index (χ1v) is 6.61. The molecule has 0 saturated carbocycles. The Kier molecular flexibility index (Phi) is 5.68. The lowest BCUT2D eigenvalue weighted by Crippen LogP contribution is -2.64. The molecule has 22 heavy (non-hydrogen) atoms. The highest BCUT2D eigenvalue weighted by atomic mass is 16.8. The maximum absolute atomic E-state index is 9.87. The molecule has 0 aliphatic carbocycles. The number of rotatable bonds is 3. The van der Waals surface area contributed by atoms with E-state index in [0.717, 1.165) is 0 Å². The topological polar surface area (TPSA) is 190 Å². The monoisotopic (exact) mass is 328 g/mol. The van der Waals surface area contributed by atoms with E-state index in [4.69, 9.17) is 14.2 Å². The van der Waals surface area contributed by atoms with Crippen molar-refractivity contribution in [1.29, 1.82) is 0 Å². The van der Waals surface area contributed by atoms with Gasteiger partial charge in [-0.15, -0.1) is 0 Å². The van der Waals surface area contributed by atoms with Crippen molar-refractivity contribution in [2.24, 2.45) is 0 Å². The van der Waals surface area contributed by atoms with Crippen molar-refractivity contribution >= 4 is 0 Å². The number of aliphatic hydroxyl groups excluding tert-OH is 8. The van der Waals surface area contributed by atoms with Crippen LogP contribution < -0.4 is 0 Å². The van der Waals surface area contributed by atoms with Gasteiger partial charge in [0.25, 0.3) is 0 Å². The molecule has 0 aromatic heterocycles. The molecular weight excluding hydrogens is 308 g/mol. The highest BCUT2D eigenvalue weighted by molar-refractivity contribution is 4.92. The zero-order valence-electron chi connectivity index (χ0n) is 11.3. The smallest absolute Gasteiger partial charge is 0.189 e. The predicted molar refractivity (Wildman–Crippen MR) is 63.8 cm³/mol. The van der Waals surface area contributed by atoms with Gasteiger partial charge in [0.05, 0.1) is 6.61 Å². The van der Waals surface area contributed by atoms with Crippen LogP contribution in [0, 0.1) is 0 Å². The van der Waals surface area contributed by atoms with Crippen molar-refractivity contribution < 1.29 is 55.1 Å². The maximum Gasteiger partial charge on any atom is 0.189 e. The Hall–Kier alpha value is -0.440. The van der Waals surface area contributed by atoms with Crippen LogP contribution in [0.1, 0.15) is 0 Å². The van der Waals surface area contributed by atoms with E-state index < -0.39 is 68.2 Å². The second-order valence-corrected chi connectivity index (χ2v) is 5.20. The van der Waals surface area contributed by atoms with Gasteiger partial charge in [0.2, 0.25) is 0 Å². The third-order valence-corrected chi connectivity index (χ3v) is 3.67. The number of hydrogen-bond acceptors (Lipinski definition) is 11. The van der Waals surface area contributed by atoms with Crippen LogP contribution in [0.4, 0.5) is 0 Å². The lowest BCUT2D eigenvalue weighted by Gasteiger charge is -2.44. The lowest BCUT2D eigenvalue weighted by atomic mass is 9.98. The van der Waals surface area contributed by atoms with E-state index >= 15 is 0 Å². The molecule has 0 aromatic carbocycles. The van der Waals surface area contributed by atoms with Gasteiger partial charge in [-0.25, -0.2) is 0 Å². The Labute approximate surface area is 124 Å². The van der Waals surface area contributed by atoms with Crippen LogP contribution in [0.2, 0.25) is 0 Å². The fraction of sp³-hybridized carbons (Fsp3) is 1.00. The van der Waals surface area contributed by atoms with E-state index in [-0.39, 0.29) is 0 Å². The molecule has 0 bridgehead atoms. The van der Waals surface area contributed by atoms with Gasteiger partial charge in [0.15, 0.2) is 18.9 Å². The quantitative estimate of drug-likeness (QED) is 0.247. The van der Waals surface area contributed by atoms with Crippen LogP contribution in [0.5, 0.6) is 0 Å². The van der Waals surface area contributed by atoms with E-state index in [2.05, 4.69) is 0 Å². The molecule has 0 radical (unpaired) electrons. The normalized spacial score (nSPS) is 53.5. The molecular formula is C11H20O11. The zero-order valence-corrected chi connectivity index (χ0v) is 11.3. The highest BCUT2D eigenvalue weighted by Crippen LogP contribution is 2.27. The van der Waals surface area contributed by atoms with Crippen LogP contribution in [0.25, 0.3) is 0 Å². The van der Waals surface area contributed by atoms with E-state index in [1.807, 2.05) is 0 Å². The van der Waals surface area contributed by atoms with E-state index in [1.165, 1.54) is 0 Å². The highest BCUT2D eigenvalue weighted by Gasteiger charge is 2.49. The molecule has 2 heterocycles. The second kappa shape index (κ2) is 6.98. The summed E-state index contributed by atoms with van der Waals surface area (Å²) >= 11 is 0. The SMILES string of the molecule is OC[C@H]1O[C@@H](O)[C@H](O)[C@@H](O)[C@@H]1O[C@@H]1O[C@H](O)[C@@H](O)[C@H](O)[C@H]1O. The molecule has 0 aromatic rings. The lowest BCUT2D eigenvalue weighted by molar-refractivity contribution is -0.375. The first-order valence-electron chi connectivity index (χ1n) is 6.61. The number of aliphatic hydroxyl groups is 8. The van der Waals surface area contributed by atoms with Gasteiger partial charge in [0, 0.05) is 0 Å². The van der Waals surface area contributed by atoms with E-state index in [0.29, 0.717) is 0 Å². The molecule has 0 unspecified atom stereocenters. The average molecular weight is 328 g/mol. The third kappa shape index (κ3) is 3.25. The molecule has 130 valence electrons. The minimum atomic E-state index is -1.85. The Morgan fingerprint density at radius 1 is 0.682 bits per heavy atom. The molecule has 11 heteroatoms. The van der Waals surface area contributed by atoms with Crippen molar-refractivity contribution in [2.45, 2.75) is 61.6 Å². The first kappa shape index (κ1) is 17.9. The van der Waals surface area contributed by atoms with E-state index in [1.54, 1.807) is 0 Å². The first-order chi connectivity index (χ1) is 10.3. The summed E-state index contributed by atoms with van der Waals surface area (Å²) in [5, 5.41) is 76.0. The molecule has 11 nitrogen and oxygen atoms in total. The fourth-order valence-electron chi connectivity index (χ4n) is 2.33. The summed E-state index contributed by atoms with van der Waals surface area (Å²) < 4.78 is 14.8. The number of hydrogen-bond donors (Lipinski definition) is 8. The van der Waals surface area contributed by atoms with Crippen molar-refractivity contribution in [3.05, 3.63) is 0 Å². The van der Waals surface area contributed by atoms with Crippen LogP contribution in [-0.2, 0) is 14.2 Å². The van der Waals surface area contributed by atoms with Crippen LogP contribution in [0.15, 0.2) is 0 Å². The van der Waals surface area contributed by atoms with Gasteiger partial charge >= 0.3 is 0 Å². The standard InChI is InChI=1S/C11H20O11/c12-1-2-8(4(14)6(16)9(18)20-2)21-11-7(17)3(13)5(15)10(19)22-11/h2-19H,1H2/t2-,3+,4-,5+,6-,7-,8-,9-,10+,11-/m1/s1. The van der Waals surface area contributed by atoms with Gasteiger partial charge in [-0.1, -0.05) is 0 Å². The second-order valence-electron chi connectivity index (χ2n) is 5.20. The predicted octanol–water partition coefficient (Wildman–Crippen LogP) is -5.44. The molecule has 2 saturated heterocycles. The molecule has 2 aliphatic rings. The van der Waals surface area contributed by atoms with Gasteiger partial charge < -0.3 is 55.1 Å². The fourth-order valence-corrected chi connectivity index (χ4v) is 2.33. The molecule has 10 atom stereocenters. The minimum absolute atomic E-state index is 0.692. The summed E-state index contributed by atoms with van der Waals surface area (Å²) in [6, 6.07) is 0. The Bertz CT molecular complexity index is 366. The van der Waals surface area contributed by atoms with E-state index in [9.17, 15) is 40.9 Å². The Morgan fingerprint density at radius 3 is 1.82 bits per heavy atom. The molecule has 0 amide bonds. The summed E-state index contributed by atoms with van der Waals surface area (Å²) in [4.78, 5) is 0. The summed E-state index contributed by atoms with van der Waals surface area (Å²) in [6.45, 7) is -0.692. The summed E-state index contributed by atoms with van der Waals surface area (Å²) in [5.41, 5.74) is 0. The molecule has 2 rings (SSSR count). The van der Waals surface area contributed by atoms with Gasteiger partial charge in [-0.3, -0.25) is 0 Å². The summed E-state index contributed by atoms with van der Waals surface area (Å²) in [7, 11) is 0. The van der Waals surface area contributed by atoms with Crippen molar-refractivity contribution in [3.8, 4) is 0 Å². The summed E-state index contributed by atoms with van der Waals surface area (Å²) in [5.74, 6) is 0. The summed E-state index contributed by atoms with van der Waals surface area (Å²) in [6.07, 6.45) is -16.7. The van der Waals surface area contributed by atoms with Crippen molar-refractivity contribution in [1.82, 2.24) is 0 Å². The Morgan fingerprint density at radius 2 is 1.23 bits per heavy atom. The van der Waals surface area contributed by atoms with Crippen LogP contribution in [0.3, 0.4) is 0 Å². The van der Waals surface area contributed by atoms with Crippen LogP contribution in [-0.4, -0.2) is 109 Å². The maximum atomic E-state index is 9.87. The largest absolute Gasteiger partial charge is 0.394 e.